The third kappa shape index (κ3) is 43.4. The van der Waals surface area contributed by atoms with Gasteiger partial charge in [0.25, 0.3) is 0 Å². The smallest absolute Gasteiger partial charge is 0.325 e. The fraction of sp³-hybridized carbons (Fsp3) is 0.922. The molecule has 0 amide bonds. The van der Waals surface area contributed by atoms with E-state index in [1.807, 2.05) is 0 Å². The molecule has 0 unspecified atom stereocenters. The average molecular weight is 897 g/mol. The second-order valence-corrected chi connectivity index (χ2v) is 18.5. The minimum atomic E-state index is -2.07. The van der Waals surface area contributed by atoms with Gasteiger partial charge in [0.15, 0.2) is 13.2 Å². The van der Waals surface area contributed by atoms with Crippen LogP contribution >= 0.6 is 0 Å². The number of rotatable bonds is 48. The Labute approximate surface area is 387 Å². The number of nitrogens with zero attached hydrogens (tertiary/aromatic N) is 2. The Hall–Kier alpha value is -2.28. The highest BCUT2D eigenvalue weighted by Gasteiger charge is 2.42. The fourth-order valence-electron chi connectivity index (χ4n) is 7.43. The highest BCUT2D eigenvalue weighted by atomic mass is 16.8. The lowest BCUT2D eigenvalue weighted by molar-refractivity contribution is -0.259. The summed E-state index contributed by atoms with van der Waals surface area (Å²) in [6.45, 7) is 7.89. The maximum Gasteiger partial charge on any atom is 0.325 e. The Morgan fingerprint density at radius 2 is 0.667 bits per heavy atom. The fourth-order valence-corrected chi connectivity index (χ4v) is 7.43. The van der Waals surface area contributed by atoms with E-state index in [0.717, 1.165) is 103 Å². The zero-order chi connectivity index (χ0) is 46.5. The Bertz CT molecular complexity index is 994. The zero-order valence-electron chi connectivity index (χ0n) is 41.9. The Balaban J connectivity index is 5.49. The van der Waals surface area contributed by atoms with Gasteiger partial charge in [0, 0.05) is 25.9 Å². The molecule has 2 N–H and O–H groups in total. The topological polar surface area (TPSA) is 136 Å². The summed E-state index contributed by atoms with van der Waals surface area (Å²) >= 11 is 0. The lowest BCUT2D eigenvalue weighted by Crippen LogP contribution is -2.49. The van der Waals surface area contributed by atoms with E-state index >= 15 is 0 Å². The molecule has 0 aliphatic carbocycles. The Morgan fingerprint density at radius 3 is 0.984 bits per heavy atom. The summed E-state index contributed by atoms with van der Waals surface area (Å²) in [5, 5.41) is 6.59. The van der Waals surface area contributed by atoms with Gasteiger partial charge < -0.3 is 39.4 Å². The molecule has 0 saturated carbocycles. The summed E-state index contributed by atoms with van der Waals surface area (Å²) in [4.78, 5) is 57.3. The summed E-state index contributed by atoms with van der Waals surface area (Å²) in [7, 11) is 8.27. The predicted octanol–water partition coefficient (Wildman–Crippen LogP) is 10.7. The zero-order valence-corrected chi connectivity index (χ0v) is 41.9. The Kier molecular flexibility index (Phi) is 43.3. The standard InChI is InChI=1S/C51H100N4O8/c1-7-9-11-13-15-17-19-21-23-25-29-35-49(58)62-51(45-60-47(56)37-41-52-39-31-27-33-43-54(3)4,46-61-48(57)38-42-53-40-32-28-34-44-55(5)6)63-50(59)36-30-26-24-22-20-18-16-14-12-10-8-2/h52-53H,7-46H2,1-6H3. The van der Waals surface area contributed by atoms with Gasteiger partial charge in [-0.25, -0.2) is 0 Å². The van der Waals surface area contributed by atoms with E-state index in [1.165, 1.54) is 89.9 Å². The highest BCUT2D eigenvalue weighted by Crippen LogP contribution is 2.22. The summed E-state index contributed by atoms with van der Waals surface area (Å²) in [6.07, 6.45) is 32.0. The van der Waals surface area contributed by atoms with Crippen LogP contribution in [0.3, 0.4) is 0 Å². The van der Waals surface area contributed by atoms with Crippen LogP contribution in [-0.4, -0.2) is 120 Å². The largest absolute Gasteiger partial charge is 0.457 e. The average Bonchev–Trinajstić information content (AvgIpc) is 3.24. The molecule has 0 saturated heterocycles. The van der Waals surface area contributed by atoms with Crippen molar-refractivity contribution in [3.63, 3.8) is 0 Å². The summed E-state index contributed by atoms with van der Waals surface area (Å²) in [6, 6.07) is 0. The lowest BCUT2D eigenvalue weighted by Gasteiger charge is -2.32. The third-order valence-electron chi connectivity index (χ3n) is 11.4. The van der Waals surface area contributed by atoms with Gasteiger partial charge in [-0.2, -0.15) is 0 Å². The molecule has 0 bridgehead atoms. The van der Waals surface area contributed by atoms with E-state index in [9.17, 15) is 19.2 Å². The van der Waals surface area contributed by atoms with Crippen molar-refractivity contribution in [3.05, 3.63) is 0 Å². The van der Waals surface area contributed by atoms with Crippen molar-refractivity contribution >= 4 is 23.9 Å². The van der Waals surface area contributed by atoms with E-state index < -0.39 is 42.9 Å². The molecule has 0 aliphatic heterocycles. The maximum absolute atomic E-state index is 13.4. The minimum absolute atomic E-state index is 0.0910. The van der Waals surface area contributed by atoms with E-state index in [-0.39, 0.29) is 25.7 Å². The van der Waals surface area contributed by atoms with Crippen LogP contribution < -0.4 is 10.6 Å². The second kappa shape index (κ2) is 44.9. The third-order valence-corrected chi connectivity index (χ3v) is 11.4. The van der Waals surface area contributed by atoms with Gasteiger partial charge in [0.2, 0.25) is 0 Å². The monoisotopic (exact) mass is 897 g/mol. The molecule has 0 aromatic carbocycles. The maximum atomic E-state index is 13.4. The van der Waals surface area contributed by atoms with E-state index in [1.54, 1.807) is 0 Å². The first-order valence-corrected chi connectivity index (χ1v) is 26.0. The summed E-state index contributed by atoms with van der Waals surface area (Å²) < 4.78 is 23.2. The van der Waals surface area contributed by atoms with Crippen LogP contribution in [0.4, 0.5) is 0 Å². The molecule has 0 heterocycles. The van der Waals surface area contributed by atoms with E-state index in [0.29, 0.717) is 25.9 Å². The van der Waals surface area contributed by atoms with Crippen LogP contribution in [0.25, 0.3) is 0 Å². The van der Waals surface area contributed by atoms with Gasteiger partial charge in [-0.1, -0.05) is 155 Å². The number of unbranched alkanes of at least 4 members (excludes halogenated alkanes) is 24. The molecular weight excluding hydrogens is 797 g/mol. The van der Waals surface area contributed by atoms with Crippen LogP contribution in [0.2, 0.25) is 0 Å². The summed E-state index contributed by atoms with van der Waals surface area (Å²) in [5.41, 5.74) is 0. The normalized spacial score (nSPS) is 11.7. The van der Waals surface area contributed by atoms with Crippen molar-refractivity contribution < 1.29 is 38.1 Å². The number of hydrogen-bond acceptors (Lipinski definition) is 12. The molecule has 0 fully saturated rings. The predicted molar refractivity (Wildman–Crippen MR) is 259 cm³/mol. The van der Waals surface area contributed by atoms with E-state index in [2.05, 4.69) is 62.5 Å². The van der Waals surface area contributed by atoms with Gasteiger partial charge >= 0.3 is 29.7 Å². The molecule has 0 aromatic rings. The molecule has 0 rings (SSSR count). The quantitative estimate of drug-likeness (QED) is 0.0260. The molecular formula is C51H100N4O8. The van der Waals surface area contributed by atoms with Gasteiger partial charge in [-0.15, -0.1) is 0 Å². The summed E-state index contributed by atoms with van der Waals surface area (Å²) in [5.74, 6) is -4.28. The molecule has 0 aromatic heterocycles. The molecule has 0 radical (unpaired) electrons. The van der Waals surface area contributed by atoms with Crippen molar-refractivity contribution in [3.8, 4) is 0 Å². The van der Waals surface area contributed by atoms with Gasteiger partial charge in [-0.3, -0.25) is 19.2 Å². The van der Waals surface area contributed by atoms with Crippen molar-refractivity contribution in [1.82, 2.24) is 20.4 Å². The van der Waals surface area contributed by atoms with Crippen LogP contribution in [-0.2, 0) is 38.1 Å². The number of ether oxygens (including phenoxy) is 4. The number of esters is 4. The van der Waals surface area contributed by atoms with Gasteiger partial charge in [0.05, 0.1) is 12.8 Å². The molecule has 0 aliphatic rings. The van der Waals surface area contributed by atoms with Gasteiger partial charge in [-0.05, 0) is 92.9 Å². The molecule has 0 spiro atoms. The van der Waals surface area contributed by atoms with Crippen molar-refractivity contribution in [1.29, 1.82) is 0 Å². The lowest BCUT2D eigenvalue weighted by atomic mass is 10.1. The molecule has 63 heavy (non-hydrogen) atoms. The molecule has 12 nitrogen and oxygen atoms in total. The second-order valence-electron chi connectivity index (χ2n) is 18.5. The van der Waals surface area contributed by atoms with E-state index in [4.69, 9.17) is 18.9 Å². The number of carbonyl (C=O) groups is 4. The van der Waals surface area contributed by atoms with Crippen molar-refractivity contribution in [2.24, 2.45) is 0 Å². The number of nitrogens with one attached hydrogen (secondary N) is 2. The minimum Gasteiger partial charge on any atom is -0.457 e. The number of carbonyl (C=O) groups excluding carboxylic acids is 4. The molecule has 372 valence electrons. The SMILES string of the molecule is CCCCCCCCCCCCCC(=O)OC(COC(=O)CCNCCCCCN(C)C)(COC(=O)CCNCCCCCN(C)C)OC(=O)CCCCCCCCCCCCC. The van der Waals surface area contributed by atoms with Crippen LogP contribution in [0.15, 0.2) is 0 Å². The van der Waals surface area contributed by atoms with Crippen molar-refractivity contribution in [2.75, 3.05) is 80.7 Å². The Morgan fingerprint density at radius 1 is 0.365 bits per heavy atom. The first-order valence-electron chi connectivity index (χ1n) is 26.0. The first-order chi connectivity index (χ1) is 30.5. The number of hydrogen-bond donors (Lipinski definition) is 2. The molecule has 12 heteroatoms. The van der Waals surface area contributed by atoms with Crippen molar-refractivity contribution in [2.45, 2.75) is 225 Å². The first kappa shape index (κ1) is 60.7. The van der Waals surface area contributed by atoms with Gasteiger partial charge in [0.1, 0.15) is 0 Å². The highest BCUT2D eigenvalue weighted by molar-refractivity contribution is 5.73. The van der Waals surface area contributed by atoms with Crippen LogP contribution in [0, 0.1) is 0 Å². The molecule has 0 atom stereocenters. The van der Waals surface area contributed by atoms with Crippen LogP contribution in [0.1, 0.15) is 219 Å². The van der Waals surface area contributed by atoms with Crippen LogP contribution in [0.5, 0.6) is 0 Å².